The molecule has 0 fully saturated rings. The van der Waals surface area contributed by atoms with Crippen molar-refractivity contribution in [3.63, 3.8) is 0 Å². The fraction of sp³-hybridized carbons (Fsp3) is 0.133. The van der Waals surface area contributed by atoms with E-state index in [9.17, 15) is 0 Å². The molecule has 310 valence electrons. The lowest BCUT2D eigenvalue weighted by molar-refractivity contribution is 0.590. The highest BCUT2D eigenvalue weighted by Crippen LogP contribution is 2.44. The van der Waals surface area contributed by atoms with E-state index in [2.05, 4.69) is 221 Å². The van der Waals surface area contributed by atoms with Gasteiger partial charge in [0.05, 0.1) is 44.8 Å². The van der Waals surface area contributed by atoms with Crippen molar-refractivity contribution in [1.29, 1.82) is 0 Å². The van der Waals surface area contributed by atoms with Gasteiger partial charge < -0.3 is 9.13 Å². The highest BCUT2D eigenvalue weighted by atomic mass is 15.0. The molecule has 0 saturated heterocycles. The van der Waals surface area contributed by atoms with E-state index < -0.39 is 0 Å². The highest BCUT2D eigenvalue weighted by molar-refractivity contribution is 6.12. The van der Waals surface area contributed by atoms with Crippen molar-refractivity contribution >= 4 is 43.6 Å². The van der Waals surface area contributed by atoms with E-state index in [1.165, 1.54) is 54.7 Å². The van der Waals surface area contributed by atoms with Crippen molar-refractivity contribution in [3.8, 4) is 56.4 Å². The van der Waals surface area contributed by atoms with Crippen LogP contribution in [-0.2, 0) is 10.8 Å². The van der Waals surface area contributed by atoms with Gasteiger partial charge >= 0.3 is 0 Å². The summed E-state index contributed by atoms with van der Waals surface area (Å²) in [6, 6.07) is 70.4. The monoisotopic (exact) mass is 826 g/mol. The van der Waals surface area contributed by atoms with Crippen molar-refractivity contribution < 1.29 is 0 Å². The van der Waals surface area contributed by atoms with Crippen LogP contribution in [0.1, 0.15) is 52.7 Å². The van der Waals surface area contributed by atoms with Crippen molar-refractivity contribution in [2.24, 2.45) is 0 Å². The molecule has 8 aromatic carbocycles. The maximum absolute atomic E-state index is 5.33. The van der Waals surface area contributed by atoms with Gasteiger partial charge in [-0.05, 0) is 76.6 Å². The topological polar surface area (TPSA) is 35.6 Å². The van der Waals surface area contributed by atoms with Gasteiger partial charge in [0.2, 0.25) is 0 Å². The van der Waals surface area contributed by atoms with E-state index in [4.69, 9.17) is 9.97 Å². The quantitative estimate of drug-likeness (QED) is 0.167. The summed E-state index contributed by atoms with van der Waals surface area (Å²) in [5, 5.41) is 4.98. The molecule has 0 atom stereocenters. The average molecular weight is 827 g/mol. The van der Waals surface area contributed by atoms with Crippen molar-refractivity contribution in [1.82, 2.24) is 19.1 Å². The number of hydrogen-bond donors (Lipinski definition) is 0. The molecule has 4 nitrogen and oxygen atoms in total. The summed E-state index contributed by atoms with van der Waals surface area (Å²) in [6.07, 6.45) is 0. The van der Waals surface area contributed by atoms with Gasteiger partial charge in [-0.25, -0.2) is 9.97 Å². The van der Waals surface area contributed by atoms with E-state index in [0.29, 0.717) is 5.82 Å². The van der Waals surface area contributed by atoms with Crippen LogP contribution in [-0.4, -0.2) is 19.1 Å². The zero-order valence-corrected chi connectivity index (χ0v) is 37.3. The fourth-order valence-electron chi connectivity index (χ4n) is 9.47. The molecule has 0 amide bonds. The Balaban J connectivity index is 1.24. The lowest BCUT2D eigenvalue weighted by Gasteiger charge is -2.21. The Bertz CT molecular complexity index is 3380. The lowest BCUT2D eigenvalue weighted by atomic mass is 9.85. The van der Waals surface area contributed by atoms with Crippen LogP contribution in [0.15, 0.2) is 194 Å². The van der Waals surface area contributed by atoms with Crippen LogP contribution in [0.3, 0.4) is 0 Å². The molecule has 0 radical (unpaired) electrons. The van der Waals surface area contributed by atoms with Gasteiger partial charge in [0.1, 0.15) is 0 Å². The Morgan fingerprint density at radius 3 is 1.36 bits per heavy atom. The van der Waals surface area contributed by atoms with Gasteiger partial charge in [0.25, 0.3) is 0 Å². The summed E-state index contributed by atoms with van der Waals surface area (Å²) in [5.74, 6) is 0.695. The van der Waals surface area contributed by atoms with E-state index in [1.54, 1.807) is 0 Å². The standard InChI is InChI=1S/C60H50N4/c1-59(2,3)42-30-33-55-48(36-42)49-37-43(60(4,5)6)31-34-56(49)64(55)57-35-41(51-38-50(39-19-9-7-10-20-39)61-58(62-51)40-21-11-8-12-22-40)29-32-47(57)46-25-15-18-28-54(46)63-52-26-16-13-23-44(52)45-24-14-17-27-53(45)63/h7-38H,1-6H3. The van der Waals surface area contributed by atoms with Gasteiger partial charge in [-0.2, -0.15) is 0 Å². The molecule has 11 rings (SSSR count). The molecule has 64 heavy (non-hydrogen) atoms. The first-order valence-electron chi connectivity index (χ1n) is 22.3. The summed E-state index contributed by atoms with van der Waals surface area (Å²) in [5.41, 5.74) is 16.5. The van der Waals surface area contributed by atoms with E-state index >= 15 is 0 Å². The summed E-state index contributed by atoms with van der Waals surface area (Å²) in [6.45, 7) is 13.8. The number of rotatable bonds is 6. The maximum Gasteiger partial charge on any atom is 0.160 e. The van der Waals surface area contributed by atoms with Gasteiger partial charge in [0.15, 0.2) is 5.82 Å². The van der Waals surface area contributed by atoms with Gasteiger partial charge in [0, 0.05) is 49.4 Å². The lowest BCUT2D eigenvalue weighted by Crippen LogP contribution is -2.10. The molecule has 0 aliphatic carbocycles. The Hall–Kier alpha value is -7.56. The number of aromatic nitrogens is 4. The first-order valence-corrected chi connectivity index (χ1v) is 22.3. The number of benzene rings is 8. The van der Waals surface area contributed by atoms with Crippen LogP contribution in [0.25, 0.3) is 100 Å². The number of para-hydroxylation sites is 3. The second-order valence-corrected chi connectivity index (χ2v) is 19.1. The molecular weight excluding hydrogens is 777 g/mol. The van der Waals surface area contributed by atoms with Crippen LogP contribution in [0.5, 0.6) is 0 Å². The molecule has 3 heterocycles. The average Bonchev–Trinajstić information content (AvgIpc) is 3.83. The molecule has 4 heteroatoms. The predicted molar refractivity (Wildman–Crippen MR) is 270 cm³/mol. The molecule has 11 aromatic rings. The molecule has 0 unspecified atom stereocenters. The number of nitrogens with zero attached hydrogens (tertiary/aromatic N) is 4. The van der Waals surface area contributed by atoms with Gasteiger partial charge in [-0.1, -0.05) is 181 Å². The minimum Gasteiger partial charge on any atom is -0.309 e. The minimum atomic E-state index is -0.0173. The first kappa shape index (κ1) is 39.3. The fourth-order valence-corrected chi connectivity index (χ4v) is 9.47. The van der Waals surface area contributed by atoms with Gasteiger partial charge in [-0.3, -0.25) is 0 Å². The van der Waals surface area contributed by atoms with Crippen molar-refractivity contribution in [3.05, 3.63) is 205 Å². The largest absolute Gasteiger partial charge is 0.309 e. The van der Waals surface area contributed by atoms with Gasteiger partial charge in [-0.15, -0.1) is 0 Å². The van der Waals surface area contributed by atoms with Crippen molar-refractivity contribution in [2.75, 3.05) is 0 Å². The van der Waals surface area contributed by atoms with E-state index in [1.807, 2.05) is 24.3 Å². The highest BCUT2D eigenvalue weighted by Gasteiger charge is 2.24. The summed E-state index contributed by atoms with van der Waals surface area (Å²) < 4.78 is 4.94. The van der Waals surface area contributed by atoms with Crippen LogP contribution in [0, 0.1) is 0 Å². The summed E-state index contributed by atoms with van der Waals surface area (Å²) >= 11 is 0. The van der Waals surface area contributed by atoms with Crippen LogP contribution >= 0.6 is 0 Å². The molecular formula is C60H50N4. The summed E-state index contributed by atoms with van der Waals surface area (Å²) in [7, 11) is 0. The molecule has 3 aromatic heterocycles. The first-order chi connectivity index (χ1) is 31.0. The smallest absolute Gasteiger partial charge is 0.160 e. The molecule has 0 bridgehead atoms. The van der Waals surface area contributed by atoms with Crippen LogP contribution in [0.4, 0.5) is 0 Å². The third-order valence-corrected chi connectivity index (χ3v) is 12.9. The second kappa shape index (κ2) is 15.1. The zero-order chi connectivity index (χ0) is 43.7. The maximum atomic E-state index is 5.33. The van der Waals surface area contributed by atoms with Crippen LogP contribution in [0.2, 0.25) is 0 Å². The summed E-state index contributed by atoms with van der Waals surface area (Å²) in [4.78, 5) is 10.5. The SMILES string of the molecule is CC(C)(C)c1ccc2c(c1)c1cc(C(C)(C)C)ccc1n2-c1cc(-c2cc(-c3ccccc3)nc(-c3ccccc3)n2)ccc1-c1ccccc1-n1c2ccccc2c2ccccc21. The Labute approximate surface area is 375 Å². The van der Waals surface area contributed by atoms with Crippen LogP contribution < -0.4 is 0 Å². The molecule has 0 N–H and O–H groups in total. The normalized spacial score (nSPS) is 12.2. The molecule has 0 spiro atoms. The van der Waals surface area contributed by atoms with E-state index in [-0.39, 0.29) is 10.8 Å². The third kappa shape index (κ3) is 6.69. The Morgan fingerprint density at radius 2 is 0.781 bits per heavy atom. The Kier molecular flexibility index (Phi) is 9.25. The zero-order valence-electron chi connectivity index (χ0n) is 37.3. The number of hydrogen-bond acceptors (Lipinski definition) is 2. The van der Waals surface area contributed by atoms with E-state index in [0.717, 1.165) is 50.6 Å². The molecule has 0 saturated carbocycles. The third-order valence-electron chi connectivity index (χ3n) is 12.9. The predicted octanol–water partition coefficient (Wildman–Crippen LogP) is 15.9. The second-order valence-electron chi connectivity index (χ2n) is 19.1. The minimum absolute atomic E-state index is 0.0173. The van der Waals surface area contributed by atoms with Crippen molar-refractivity contribution in [2.45, 2.75) is 52.4 Å². The Morgan fingerprint density at radius 1 is 0.328 bits per heavy atom. The molecule has 0 aliphatic heterocycles. The number of fused-ring (bicyclic) bond motifs is 6. The molecule has 0 aliphatic rings.